The number of carbonyl (C=O) groups is 2. The number of benzene rings is 2. The Morgan fingerprint density at radius 2 is 1.73 bits per heavy atom. The second-order valence-electron chi connectivity index (χ2n) is 7.77. The molecule has 0 saturated heterocycles. The zero-order valence-corrected chi connectivity index (χ0v) is 18.9. The first-order valence-corrected chi connectivity index (χ1v) is 11.3. The van der Waals surface area contributed by atoms with Crippen LogP contribution in [-0.4, -0.2) is 35.4 Å². The summed E-state index contributed by atoms with van der Waals surface area (Å²) in [6.07, 6.45) is 5.55. The van der Waals surface area contributed by atoms with Crippen LogP contribution in [-0.2, 0) is 16.1 Å². The molecule has 1 fully saturated rings. The van der Waals surface area contributed by atoms with Crippen molar-refractivity contribution in [2.75, 3.05) is 6.61 Å². The molecule has 1 aliphatic rings. The summed E-state index contributed by atoms with van der Waals surface area (Å²) < 4.78 is 6.62. The largest absolute Gasteiger partial charge is 0.484 e. The molecule has 2 amide bonds. The molecule has 6 heteroatoms. The van der Waals surface area contributed by atoms with Crippen LogP contribution in [0.25, 0.3) is 0 Å². The summed E-state index contributed by atoms with van der Waals surface area (Å²) in [4.78, 5) is 27.5. The van der Waals surface area contributed by atoms with E-state index in [1.165, 1.54) is 6.42 Å². The topological polar surface area (TPSA) is 58.6 Å². The number of nitrogens with one attached hydrogen (secondary N) is 1. The van der Waals surface area contributed by atoms with Crippen LogP contribution in [0.5, 0.6) is 5.75 Å². The van der Waals surface area contributed by atoms with Gasteiger partial charge in [-0.15, -0.1) is 0 Å². The molecule has 0 spiro atoms. The molecule has 0 aromatic heterocycles. The van der Waals surface area contributed by atoms with E-state index in [1.807, 2.05) is 42.5 Å². The quantitative estimate of drug-likeness (QED) is 0.605. The molecular weight excluding hydrogens is 444 g/mol. The van der Waals surface area contributed by atoms with Gasteiger partial charge in [-0.05, 0) is 49.6 Å². The predicted octanol–water partition coefficient (Wildman–Crippen LogP) is 4.69. The van der Waals surface area contributed by atoms with E-state index in [-0.39, 0.29) is 24.5 Å². The number of ether oxygens (including phenoxy) is 1. The molecule has 160 valence electrons. The highest BCUT2D eigenvalue weighted by Crippen LogP contribution is 2.19. The van der Waals surface area contributed by atoms with Gasteiger partial charge in [0.2, 0.25) is 5.91 Å². The van der Waals surface area contributed by atoms with Gasteiger partial charge in [-0.25, -0.2) is 0 Å². The number of halogens is 1. The van der Waals surface area contributed by atoms with E-state index < -0.39 is 6.04 Å². The van der Waals surface area contributed by atoms with Crippen molar-refractivity contribution in [3.63, 3.8) is 0 Å². The molecular formula is C24H29BrN2O3. The van der Waals surface area contributed by atoms with Gasteiger partial charge in [0.1, 0.15) is 11.8 Å². The van der Waals surface area contributed by atoms with Crippen LogP contribution in [0.15, 0.2) is 59.1 Å². The molecule has 0 bridgehead atoms. The zero-order chi connectivity index (χ0) is 21.3. The molecule has 5 nitrogen and oxygen atoms in total. The molecule has 30 heavy (non-hydrogen) atoms. The predicted molar refractivity (Wildman–Crippen MR) is 121 cm³/mol. The summed E-state index contributed by atoms with van der Waals surface area (Å²) >= 11 is 3.39. The molecule has 0 unspecified atom stereocenters. The van der Waals surface area contributed by atoms with Crippen molar-refractivity contribution in [1.29, 1.82) is 0 Å². The number of carbonyl (C=O) groups excluding carboxylic acids is 2. The van der Waals surface area contributed by atoms with Gasteiger partial charge >= 0.3 is 0 Å². The summed E-state index contributed by atoms with van der Waals surface area (Å²) in [5.74, 6) is 0.299. The Bertz CT molecular complexity index is 820. The summed E-state index contributed by atoms with van der Waals surface area (Å²) in [6.45, 7) is 2.04. The minimum Gasteiger partial charge on any atom is -0.484 e. The highest BCUT2D eigenvalue weighted by atomic mass is 79.9. The molecule has 2 aromatic carbocycles. The van der Waals surface area contributed by atoms with Gasteiger partial charge in [0.05, 0.1) is 0 Å². The van der Waals surface area contributed by atoms with E-state index >= 15 is 0 Å². The lowest BCUT2D eigenvalue weighted by atomic mass is 9.95. The molecule has 3 rings (SSSR count). The fraction of sp³-hybridized carbons (Fsp3) is 0.417. The molecule has 1 N–H and O–H groups in total. The minimum atomic E-state index is -0.576. The van der Waals surface area contributed by atoms with Gasteiger partial charge in [-0.3, -0.25) is 9.59 Å². The van der Waals surface area contributed by atoms with E-state index in [9.17, 15) is 9.59 Å². The Balaban J connectivity index is 1.67. The number of amides is 2. The Kier molecular flexibility index (Phi) is 8.31. The molecule has 0 radical (unpaired) electrons. The van der Waals surface area contributed by atoms with Gasteiger partial charge in [0.15, 0.2) is 6.61 Å². The van der Waals surface area contributed by atoms with Crippen molar-refractivity contribution < 1.29 is 14.3 Å². The van der Waals surface area contributed by atoms with Gasteiger partial charge in [-0.1, -0.05) is 65.5 Å². The van der Waals surface area contributed by atoms with Crippen molar-refractivity contribution in [3.8, 4) is 5.75 Å². The fourth-order valence-electron chi connectivity index (χ4n) is 3.69. The van der Waals surface area contributed by atoms with Crippen LogP contribution in [0, 0.1) is 0 Å². The normalized spacial score (nSPS) is 15.3. The molecule has 0 aliphatic heterocycles. The van der Waals surface area contributed by atoms with Crippen LogP contribution in [0.1, 0.15) is 44.6 Å². The van der Waals surface area contributed by atoms with Crippen LogP contribution < -0.4 is 10.1 Å². The van der Waals surface area contributed by atoms with Crippen molar-refractivity contribution in [2.24, 2.45) is 0 Å². The smallest absolute Gasteiger partial charge is 0.261 e. The molecule has 1 aliphatic carbocycles. The first kappa shape index (κ1) is 22.3. The van der Waals surface area contributed by atoms with Crippen molar-refractivity contribution in [3.05, 3.63) is 64.6 Å². The summed E-state index contributed by atoms with van der Waals surface area (Å²) in [5.41, 5.74) is 0.979. The Labute approximate surface area is 186 Å². The average Bonchev–Trinajstić information content (AvgIpc) is 2.78. The van der Waals surface area contributed by atoms with Gasteiger partial charge in [0.25, 0.3) is 5.91 Å². The average molecular weight is 473 g/mol. The second-order valence-corrected chi connectivity index (χ2v) is 8.69. The molecule has 0 heterocycles. The molecule has 2 aromatic rings. The Hall–Kier alpha value is -2.34. The van der Waals surface area contributed by atoms with E-state index in [0.717, 1.165) is 35.7 Å². The Morgan fingerprint density at radius 1 is 1.07 bits per heavy atom. The van der Waals surface area contributed by atoms with Gasteiger partial charge < -0.3 is 15.0 Å². The van der Waals surface area contributed by atoms with Crippen LogP contribution in [0.3, 0.4) is 0 Å². The van der Waals surface area contributed by atoms with E-state index in [2.05, 4.69) is 21.2 Å². The monoisotopic (exact) mass is 472 g/mol. The van der Waals surface area contributed by atoms with Crippen LogP contribution in [0.2, 0.25) is 0 Å². The number of hydrogen-bond donors (Lipinski definition) is 1. The fourth-order valence-corrected chi connectivity index (χ4v) is 3.95. The standard InChI is InChI=1S/C24H29BrN2O3/c1-18(24(29)26-21-10-6-3-7-11-21)27(16-19-8-4-2-5-9-19)23(28)17-30-22-14-12-20(25)13-15-22/h2,4-5,8-9,12-15,18,21H,3,6-7,10-11,16-17H2,1H3,(H,26,29)/t18-/m0/s1. The number of hydrogen-bond acceptors (Lipinski definition) is 3. The van der Waals surface area contributed by atoms with E-state index in [1.54, 1.807) is 24.0 Å². The zero-order valence-electron chi connectivity index (χ0n) is 17.4. The Morgan fingerprint density at radius 3 is 2.40 bits per heavy atom. The third-order valence-corrected chi connectivity index (χ3v) is 6.02. The van der Waals surface area contributed by atoms with Crippen LogP contribution >= 0.6 is 15.9 Å². The maximum Gasteiger partial charge on any atom is 0.261 e. The lowest BCUT2D eigenvalue weighted by molar-refractivity contribution is -0.142. The first-order chi connectivity index (χ1) is 14.5. The summed E-state index contributed by atoms with van der Waals surface area (Å²) in [7, 11) is 0. The third kappa shape index (κ3) is 6.59. The highest BCUT2D eigenvalue weighted by molar-refractivity contribution is 9.10. The molecule has 1 atom stereocenters. The third-order valence-electron chi connectivity index (χ3n) is 5.49. The van der Waals surface area contributed by atoms with E-state index in [0.29, 0.717) is 12.3 Å². The highest BCUT2D eigenvalue weighted by Gasteiger charge is 2.28. The lowest BCUT2D eigenvalue weighted by Crippen LogP contribution is -2.51. The second kappa shape index (κ2) is 11.2. The number of nitrogens with zero attached hydrogens (tertiary/aromatic N) is 1. The SMILES string of the molecule is C[C@@H](C(=O)NC1CCCCC1)N(Cc1ccccc1)C(=O)COc1ccc(Br)cc1. The van der Waals surface area contributed by atoms with Crippen LogP contribution in [0.4, 0.5) is 0 Å². The maximum atomic E-state index is 13.0. The van der Waals surface area contributed by atoms with E-state index in [4.69, 9.17) is 4.74 Å². The van der Waals surface area contributed by atoms with Gasteiger partial charge in [0, 0.05) is 17.1 Å². The van der Waals surface area contributed by atoms with Crippen molar-refractivity contribution >= 4 is 27.7 Å². The summed E-state index contributed by atoms with van der Waals surface area (Å²) in [6, 6.07) is 16.7. The lowest BCUT2D eigenvalue weighted by Gasteiger charge is -2.31. The number of rotatable bonds is 8. The van der Waals surface area contributed by atoms with Crippen molar-refractivity contribution in [2.45, 2.75) is 57.7 Å². The van der Waals surface area contributed by atoms with Crippen molar-refractivity contribution in [1.82, 2.24) is 10.2 Å². The maximum absolute atomic E-state index is 13.0. The summed E-state index contributed by atoms with van der Waals surface area (Å²) in [5, 5.41) is 3.14. The minimum absolute atomic E-state index is 0.102. The van der Waals surface area contributed by atoms with Gasteiger partial charge in [-0.2, -0.15) is 0 Å². The molecule has 1 saturated carbocycles. The first-order valence-electron chi connectivity index (χ1n) is 10.5.